The Hall–Kier alpha value is -5.62. The smallest absolute Gasteiger partial charge is 0.487 e. The Bertz CT molecular complexity index is 2870. The van der Waals surface area contributed by atoms with E-state index in [-0.39, 0.29) is 51.0 Å². The van der Waals surface area contributed by atoms with E-state index >= 15 is 0 Å². The van der Waals surface area contributed by atoms with Crippen LogP contribution in [0, 0.1) is 23.0 Å². The van der Waals surface area contributed by atoms with E-state index in [1.807, 2.05) is 50.2 Å². The summed E-state index contributed by atoms with van der Waals surface area (Å²) in [5.74, 6) is 0.301. The molecule has 0 radical (unpaired) electrons. The minimum atomic E-state index is -1.67. The third-order valence-electron chi connectivity index (χ3n) is 13.5. The molecule has 69 heavy (non-hydrogen) atoms. The van der Waals surface area contributed by atoms with Gasteiger partial charge in [-0.2, -0.15) is 5.26 Å². The Morgan fingerprint density at radius 2 is 1.20 bits per heavy atom. The average Bonchev–Trinajstić information content (AvgIpc) is 3.62. The summed E-state index contributed by atoms with van der Waals surface area (Å²) in [6.45, 7) is 9.30. The molecule has 0 aliphatic carbocycles. The van der Waals surface area contributed by atoms with Crippen LogP contribution in [0.2, 0.25) is 5.02 Å². The zero-order chi connectivity index (χ0) is 50.1. The molecule has 2 amide bonds. The highest BCUT2D eigenvalue weighted by atomic mass is 79.9. The number of nitrogens with zero attached hydrogens (tertiary/aromatic N) is 5. The van der Waals surface area contributed by atoms with Crippen molar-refractivity contribution in [2.45, 2.75) is 99.7 Å². The van der Waals surface area contributed by atoms with Crippen molar-refractivity contribution in [3.63, 3.8) is 0 Å². The number of likely N-dealkylation sites (N-methyl/N-ethyl adjacent to an activating group) is 2. The number of hydrogen-bond donors (Lipinski definition) is 4. The molecule has 4 unspecified atom stereocenters. The van der Waals surface area contributed by atoms with E-state index < -0.39 is 41.0 Å². The number of nitriles is 1. The number of benzene rings is 4. The molecule has 6 N–H and O–H groups in total. The molecule has 4 aromatic rings. The minimum Gasteiger partial charge on any atom is -0.487 e. The van der Waals surface area contributed by atoms with Crippen molar-refractivity contribution in [1.82, 2.24) is 9.80 Å². The van der Waals surface area contributed by atoms with Gasteiger partial charge in [-0.15, -0.1) is 0 Å². The standard InChI is InChI=1S/C24H25ClFN3O3.C18H22BrN3O3.C7H5BFNO2/c1-22(2)12-23(8-9-31-22)13-24(20(30)29(3)21(27)28-24)16-10-14(5-7-19(16)32-23)15-4-6-18(26)17(25)11-15;1-16(2)9-17(6-7-24-16)10-18(14(23)22(3)15(20)21-18)12-8-11(19)4-5-13(12)25-17;9-7-2-1-6(8(11)12)3-5(7)4-10/h4-7,10-11H,8-9,12-13H2,1-3H3,(H2,27,28);4-5,8H,6-7,9-10H2,1-3H3,(H2,20,21);1-3,11-12H. The fourth-order valence-electron chi connectivity index (χ4n) is 10.5. The van der Waals surface area contributed by atoms with Gasteiger partial charge in [0.1, 0.15) is 40.4 Å². The summed E-state index contributed by atoms with van der Waals surface area (Å²) in [5.41, 5.74) is 11.0. The largest absolute Gasteiger partial charge is 0.488 e. The van der Waals surface area contributed by atoms with Crippen LogP contribution in [0.4, 0.5) is 8.78 Å². The normalized spacial score (nSPS) is 26.9. The highest BCUT2D eigenvalue weighted by Crippen LogP contribution is 2.55. The Kier molecular flexibility index (Phi) is 13.0. The zero-order valence-electron chi connectivity index (χ0n) is 38.9. The van der Waals surface area contributed by atoms with Crippen LogP contribution in [-0.2, 0) is 30.1 Å². The Morgan fingerprint density at radius 3 is 1.67 bits per heavy atom. The van der Waals surface area contributed by atoms with Gasteiger partial charge in [0.05, 0.1) is 35.0 Å². The highest BCUT2D eigenvalue weighted by molar-refractivity contribution is 9.10. The van der Waals surface area contributed by atoms with Crippen LogP contribution in [0.3, 0.4) is 0 Å². The van der Waals surface area contributed by atoms with Crippen molar-refractivity contribution in [3.8, 4) is 28.7 Å². The van der Waals surface area contributed by atoms with Gasteiger partial charge in [0, 0.05) is 68.2 Å². The first-order chi connectivity index (χ1) is 32.4. The van der Waals surface area contributed by atoms with Gasteiger partial charge in [0.2, 0.25) is 0 Å². The van der Waals surface area contributed by atoms with Crippen LogP contribution in [0.1, 0.15) is 82.9 Å². The maximum atomic E-state index is 13.7. The fourth-order valence-corrected chi connectivity index (χ4v) is 11.0. The van der Waals surface area contributed by atoms with Crippen LogP contribution in [0.25, 0.3) is 11.1 Å². The maximum absolute atomic E-state index is 13.7. The summed E-state index contributed by atoms with van der Waals surface area (Å²) in [6.07, 6.45) is 3.55. The molecule has 4 aromatic carbocycles. The van der Waals surface area contributed by atoms with Gasteiger partial charge in [-0.05, 0) is 98.9 Å². The van der Waals surface area contributed by atoms with Crippen LogP contribution < -0.4 is 26.4 Å². The number of ether oxygens (including phenoxy) is 4. The SMILES string of the molecule is CN1C(=O)C2(CC3(CCOC(C)(C)C3)Oc3ccc(-c4ccc(F)c(Cl)c4)cc32)N=C1N.CN1C(=O)C2(CC3(CCOC(C)(C)C3)Oc3ccc(Br)cc32)N=C1N.N#Cc1cc(B(O)O)ccc1F. The van der Waals surface area contributed by atoms with Crippen molar-refractivity contribution in [1.29, 1.82) is 5.26 Å². The van der Waals surface area contributed by atoms with Crippen molar-refractivity contribution in [2.24, 2.45) is 21.5 Å². The lowest BCUT2D eigenvalue weighted by Crippen LogP contribution is -2.57. The summed E-state index contributed by atoms with van der Waals surface area (Å²) in [7, 11) is 1.64. The number of aliphatic imine (C=N–C) groups is 2. The van der Waals surface area contributed by atoms with E-state index in [2.05, 4.69) is 34.8 Å². The third kappa shape index (κ3) is 9.30. The van der Waals surface area contributed by atoms with Crippen molar-refractivity contribution in [2.75, 3.05) is 27.3 Å². The molecule has 2 fully saturated rings. The highest BCUT2D eigenvalue weighted by Gasteiger charge is 2.61. The number of halogens is 4. The molecule has 6 aliphatic rings. The summed E-state index contributed by atoms with van der Waals surface area (Å²) in [5, 5.41) is 25.7. The summed E-state index contributed by atoms with van der Waals surface area (Å²) in [6, 6.07) is 20.8. The number of rotatable bonds is 2. The zero-order valence-corrected chi connectivity index (χ0v) is 41.3. The predicted molar refractivity (Wildman–Crippen MR) is 259 cm³/mol. The lowest BCUT2D eigenvalue weighted by molar-refractivity contribution is -0.156. The summed E-state index contributed by atoms with van der Waals surface area (Å²) in [4.78, 5) is 38.9. The molecule has 20 heteroatoms. The Labute approximate surface area is 412 Å². The number of fused-ring (bicyclic) bond motifs is 4. The lowest BCUT2D eigenvalue weighted by Gasteiger charge is -2.50. The Balaban J connectivity index is 0.000000154. The number of carbonyl (C=O) groups is 2. The topological polar surface area (TPSA) is 219 Å². The monoisotopic (exact) mass is 1030 g/mol. The second-order valence-corrected chi connectivity index (χ2v) is 20.9. The second kappa shape index (κ2) is 18.0. The first-order valence-corrected chi connectivity index (χ1v) is 23.4. The molecule has 0 bridgehead atoms. The molecule has 2 saturated heterocycles. The molecule has 15 nitrogen and oxygen atoms in total. The van der Waals surface area contributed by atoms with Gasteiger partial charge in [0.25, 0.3) is 11.8 Å². The van der Waals surface area contributed by atoms with Gasteiger partial charge >= 0.3 is 7.12 Å². The molecule has 0 aromatic heterocycles. The van der Waals surface area contributed by atoms with E-state index in [0.717, 1.165) is 39.7 Å². The van der Waals surface area contributed by atoms with Crippen molar-refractivity contribution in [3.05, 3.63) is 111 Å². The minimum absolute atomic E-state index is 0.0357. The maximum Gasteiger partial charge on any atom is 0.488 e. The van der Waals surface area contributed by atoms with Crippen molar-refractivity contribution < 1.29 is 47.4 Å². The second-order valence-electron chi connectivity index (χ2n) is 19.6. The van der Waals surface area contributed by atoms with E-state index in [4.69, 9.17) is 62.3 Å². The molecule has 6 aliphatic heterocycles. The Morgan fingerprint density at radius 1 is 0.725 bits per heavy atom. The predicted octanol–water partition coefficient (Wildman–Crippen LogP) is 6.16. The van der Waals surface area contributed by atoms with Gasteiger partial charge in [-0.25, -0.2) is 18.8 Å². The van der Waals surface area contributed by atoms with Crippen LogP contribution in [0.15, 0.2) is 87.3 Å². The average molecular weight is 1030 g/mol. The molecule has 6 heterocycles. The molecule has 4 atom stereocenters. The molecular weight excluding hydrogens is 979 g/mol. The van der Waals surface area contributed by atoms with Crippen LogP contribution in [-0.4, -0.2) is 100 Å². The summed E-state index contributed by atoms with van der Waals surface area (Å²) >= 11 is 9.50. The first-order valence-electron chi connectivity index (χ1n) is 22.2. The van der Waals surface area contributed by atoms with Gasteiger partial charge in [-0.1, -0.05) is 45.7 Å². The number of guanidine groups is 2. The van der Waals surface area contributed by atoms with Gasteiger partial charge in [0.15, 0.2) is 23.0 Å². The quantitative estimate of drug-likeness (QED) is 0.167. The number of carbonyl (C=O) groups excluding carboxylic acids is 2. The number of hydrogen-bond acceptors (Lipinski definition) is 13. The van der Waals surface area contributed by atoms with E-state index in [1.54, 1.807) is 32.3 Å². The first kappa shape index (κ1) is 49.8. The van der Waals surface area contributed by atoms with Crippen LogP contribution >= 0.6 is 27.5 Å². The molecule has 10 rings (SSSR count). The van der Waals surface area contributed by atoms with E-state index in [9.17, 15) is 18.4 Å². The third-order valence-corrected chi connectivity index (χ3v) is 14.3. The lowest BCUT2D eigenvalue weighted by atomic mass is 9.70. The van der Waals surface area contributed by atoms with E-state index in [1.165, 1.54) is 21.9 Å². The van der Waals surface area contributed by atoms with Gasteiger partial charge in [-0.3, -0.25) is 19.4 Å². The van der Waals surface area contributed by atoms with Crippen molar-refractivity contribution >= 4 is 63.8 Å². The molecule has 362 valence electrons. The van der Waals surface area contributed by atoms with Crippen LogP contribution in [0.5, 0.6) is 11.5 Å². The molecule has 0 saturated carbocycles. The van der Waals surface area contributed by atoms with E-state index in [0.29, 0.717) is 62.4 Å². The van der Waals surface area contributed by atoms with Gasteiger partial charge < -0.3 is 40.5 Å². The number of amides is 2. The summed E-state index contributed by atoms with van der Waals surface area (Å²) < 4.78 is 52.1. The fraction of sp³-hybridized carbons (Fsp3) is 0.408. The molecule has 4 spiro atoms. The number of nitrogens with two attached hydrogens (primary N) is 2. The molecular formula is C49H52BBrClF2N7O8.